The number of benzene rings is 1. The number of ether oxygens (including phenoxy) is 1. The Morgan fingerprint density at radius 3 is 2.35 bits per heavy atom. The van der Waals surface area contributed by atoms with E-state index < -0.39 is 0 Å². The van der Waals surface area contributed by atoms with Crippen LogP contribution in [0, 0.1) is 0 Å². The van der Waals surface area contributed by atoms with Gasteiger partial charge in [-0.15, -0.1) is 0 Å². The Morgan fingerprint density at radius 1 is 0.968 bits per heavy atom. The molecule has 9 nitrogen and oxygen atoms in total. The van der Waals surface area contributed by atoms with Crippen molar-refractivity contribution in [2.45, 2.75) is 13.8 Å². The fourth-order valence-corrected chi connectivity index (χ4v) is 2.65. The maximum Gasteiger partial charge on any atom is 0.239 e. The molecule has 0 aliphatic carbocycles. The maximum atomic E-state index is 11.2. The summed E-state index contributed by atoms with van der Waals surface area (Å²) < 4.78 is 5.80. The zero-order valence-electron chi connectivity index (χ0n) is 17.6. The highest BCUT2D eigenvalue weighted by molar-refractivity contribution is 5.87. The second-order valence-electron chi connectivity index (χ2n) is 6.85. The molecule has 0 fully saturated rings. The van der Waals surface area contributed by atoms with E-state index in [1.54, 1.807) is 30.4 Å². The number of carbonyl (C=O) groups is 2. The van der Waals surface area contributed by atoms with E-state index in [9.17, 15) is 9.59 Å². The van der Waals surface area contributed by atoms with Gasteiger partial charge in [-0.05, 0) is 29.8 Å². The summed E-state index contributed by atoms with van der Waals surface area (Å²) in [4.78, 5) is 36.7. The van der Waals surface area contributed by atoms with Crippen LogP contribution in [0.4, 0.5) is 11.6 Å². The van der Waals surface area contributed by atoms with Gasteiger partial charge >= 0.3 is 0 Å². The van der Waals surface area contributed by atoms with Gasteiger partial charge in [0.25, 0.3) is 0 Å². The molecular weight excluding hydrogens is 396 g/mol. The van der Waals surface area contributed by atoms with Crippen LogP contribution >= 0.6 is 0 Å². The number of likely N-dealkylation sites (N-methyl/N-ethyl adjacent to an activating group) is 1. The van der Waals surface area contributed by atoms with Crippen molar-refractivity contribution >= 4 is 23.5 Å². The minimum Gasteiger partial charge on any atom is -0.437 e. The third-order valence-corrected chi connectivity index (χ3v) is 4.38. The van der Waals surface area contributed by atoms with E-state index in [-0.39, 0.29) is 11.8 Å². The highest BCUT2D eigenvalue weighted by Crippen LogP contribution is 2.25. The first-order valence-electron chi connectivity index (χ1n) is 9.70. The van der Waals surface area contributed by atoms with E-state index in [4.69, 9.17) is 4.74 Å². The average molecular weight is 420 g/mol. The fraction of sp³-hybridized carbons (Fsp3) is 0.227. The SMILES string of the molecule is CC(=O)Nc1ccc(-c2ccc(Oc3cncc(NCCN(C)C(C)=O)n3)cc2)cn1. The minimum atomic E-state index is -0.160. The average Bonchev–Trinajstić information content (AvgIpc) is 2.75. The molecule has 0 bridgehead atoms. The summed E-state index contributed by atoms with van der Waals surface area (Å²) in [7, 11) is 1.74. The van der Waals surface area contributed by atoms with Gasteiger partial charge in [-0.1, -0.05) is 12.1 Å². The lowest BCUT2D eigenvalue weighted by Crippen LogP contribution is -2.29. The Hall–Kier alpha value is -4.01. The molecule has 0 radical (unpaired) electrons. The third kappa shape index (κ3) is 6.49. The number of nitrogens with zero attached hydrogens (tertiary/aromatic N) is 4. The van der Waals surface area contributed by atoms with Crippen LogP contribution in [0.2, 0.25) is 0 Å². The third-order valence-electron chi connectivity index (χ3n) is 4.38. The number of hydrogen-bond donors (Lipinski definition) is 2. The number of rotatable bonds is 8. The van der Waals surface area contributed by atoms with Gasteiger partial charge in [-0.25, -0.2) is 4.98 Å². The van der Waals surface area contributed by atoms with Crippen molar-refractivity contribution < 1.29 is 14.3 Å². The molecule has 2 N–H and O–H groups in total. The number of anilines is 2. The Morgan fingerprint density at radius 2 is 1.71 bits per heavy atom. The summed E-state index contributed by atoms with van der Waals surface area (Å²) in [5.41, 5.74) is 1.88. The van der Waals surface area contributed by atoms with Crippen LogP contribution in [-0.2, 0) is 9.59 Å². The molecule has 3 aromatic rings. The van der Waals surface area contributed by atoms with E-state index in [1.807, 2.05) is 30.3 Å². The molecule has 0 aliphatic rings. The molecule has 0 saturated carbocycles. The Kier molecular flexibility index (Phi) is 7.10. The Bertz CT molecular complexity index is 1040. The van der Waals surface area contributed by atoms with Crippen molar-refractivity contribution in [1.82, 2.24) is 19.9 Å². The molecule has 2 aromatic heterocycles. The first-order chi connectivity index (χ1) is 14.9. The van der Waals surface area contributed by atoms with Crippen LogP contribution in [0.1, 0.15) is 13.8 Å². The number of nitrogens with one attached hydrogen (secondary N) is 2. The summed E-state index contributed by atoms with van der Waals surface area (Å²) in [5.74, 6) is 1.90. The summed E-state index contributed by atoms with van der Waals surface area (Å²) in [6.07, 6.45) is 4.83. The van der Waals surface area contributed by atoms with Gasteiger partial charge in [0.1, 0.15) is 17.4 Å². The topological polar surface area (TPSA) is 109 Å². The van der Waals surface area contributed by atoms with Crippen LogP contribution < -0.4 is 15.4 Å². The van der Waals surface area contributed by atoms with Gasteiger partial charge < -0.3 is 20.3 Å². The molecule has 3 rings (SSSR count). The number of aromatic nitrogens is 3. The van der Waals surface area contributed by atoms with Gasteiger partial charge in [-0.3, -0.25) is 14.6 Å². The molecular formula is C22H24N6O3. The number of pyridine rings is 1. The number of hydrogen-bond acceptors (Lipinski definition) is 7. The summed E-state index contributed by atoms with van der Waals surface area (Å²) >= 11 is 0. The lowest BCUT2D eigenvalue weighted by Gasteiger charge is -2.15. The monoisotopic (exact) mass is 420 g/mol. The molecule has 160 valence electrons. The number of amides is 2. The second kappa shape index (κ2) is 10.1. The first-order valence-corrected chi connectivity index (χ1v) is 9.70. The molecule has 0 atom stereocenters. The van der Waals surface area contributed by atoms with E-state index in [0.29, 0.717) is 36.4 Å². The molecule has 1 aromatic carbocycles. The highest BCUT2D eigenvalue weighted by Gasteiger charge is 2.05. The quantitative estimate of drug-likeness (QED) is 0.576. The lowest BCUT2D eigenvalue weighted by molar-refractivity contribution is -0.127. The minimum absolute atomic E-state index is 0.00728. The Balaban J connectivity index is 1.59. The van der Waals surface area contributed by atoms with Crippen LogP contribution in [0.5, 0.6) is 11.6 Å². The van der Waals surface area contributed by atoms with Crippen molar-refractivity contribution in [3.05, 3.63) is 55.0 Å². The molecule has 0 unspecified atom stereocenters. The second-order valence-corrected chi connectivity index (χ2v) is 6.85. The molecule has 2 amide bonds. The lowest BCUT2D eigenvalue weighted by atomic mass is 10.1. The highest BCUT2D eigenvalue weighted by atomic mass is 16.5. The van der Waals surface area contributed by atoms with Crippen LogP contribution in [0.15, 0.2) is 55.0 Å². The van der Waals surface area contributed by atoms with E-state index >= 15 is 0 Å². The Labute approximate surface area is 180 Å². The zero-order valence-corrected chi connectivity index (χ0v) is 17.6. The summed E-state index contributed by atoms with van der Waals surface area (Å²) in [5, 5.41) is 5.76. The zero-order chi connectivity index (χ0) is 22.2. The van der Waals surface area contributed by atoms with Gasteiger partial charge in [-0.2, -0.15) is 4.98 Å². The van der Waals surface area contributed by atoms with Crippen LogP contribution in [-0.4, -0.2) is 51.8 Å². The maximum absolute atomic E-state index is 11.2. The van der Waals surface area contributed by atoms with Crippen molar-refractivity contribution in [3.63, 3.8) is 0 Å². The first kappa shape index (κ1) is 21.7. The smallest absolute Gasteiger partial charge is 0.239 e. The molecule has 31 heavy (non-hydrogen) atoms. The summed E-state index contributed by atoms with van der Waals surface area (Å²) in [6, 6.07) is 11.1. The molecule has 0 aliphatic heterocycles. The predicted molar refractivity (Wildman–Crippen MR) is 118 cm³/mol. The standard InChI is InChI=1S/C22H24N6O3/c1-15(29)26-20-9-6-18(12-25-20)17-4-7-19(8-5-17)31-22-14-23-13-21(27-22)24-10-11-28(3)16(2)30/h4-9,12-14H,10-11H2,1-3H3,(H,24,27)(H,25,26,29). The normalized spacial score (nSPS) is 10.3. The van der Waals surface area contributed by atoms with Gasteiger partial charge in [0.2, 0.25) is 17.7 Å². The molecule has 2 heterocycles. The van der Waals surface area contributed by atoms with E-state index in [0.717, 1.165) is 11.1 Å². The summed E-state index contributed by atoms with van der Waals surface area (Å²) in [6.45, 7) is 4.08. The largest absolute Gasteiger partial charge is 0.437 e. The van der Waals surface area contributed by atoms with Gasteiger partial charge in [0.05, 0.1) is 12.4 Å². The van der Waals surface area contributed by atoms with E-state index in [2.05, 4.69) is 25.6 Å². The van der Waals surface area contributed by atoms with Crippen LogP contribution in [0.3, 0.4) is 0 Å². The van der Waals surface area contributed by atoms with Crippen molar-refractivity contribution in [2.24, 2.45) is 0 Å². The van der Waals surface area contributed by atoms with E-state index in [1.165, 1.54) is 20.0 Å². The predicted octanol–water partition coefficient (Wildman–Crippen LogP) is 3.18. The van der Waals surface area contributed by atoms with Crippen molar-refractivity contribution in [3.8, 4) is 22.8 Å². The van der Waals surface area contributed by atoms with Crippen LogP contribution in [0.25, 0.3) is 11.1 Å². The van der Waals surface area contributed by atoms with Gasteiger partial charge in [0.15, 0.2) is 0 Å². The van der Waals surface area contributed by atoms with Crippen molar-refractivity contribution in [1.29, 1.82) is 0 Å². The molecule has 0 saturated heterocycles. The van der Waals surface area contributed by atoms with Gasteiger partial charge in [0, 0.05) is 45.7 Å². The van der Waals surface area contributed by atoms with Crippen molar-refractivity contribution in [2.75, 3.05) is 30.8 Å². The fourth-order valence-electron chi connectivity index (χ4n) is 2.65. The number of carbonyl (C=O) groups excluding carboxylic acids is 2. The molecule has 0 spiro atoms. The molecule has 9 heteroatoms.